The molecule has 0 heterocycles. The number of aliphatic carboxylic acids is 1. The molecule has 0 aliphatic heterocycles. The molecule has 0 unspecified atom stereocenters. The fraction of sp³-hybridized carbons (Fsp3) is 0.800. The third kappa shape index (κ3) is 5.32. The van der Waals surface area contributed by atoms with Crippen molar-refractivity contribution >= 4 is 24.3 Å². The van der Waals surface area contributed by atoms with Gasteiger partial charge < -0.3 is 15.7 Å². The molecule has 1 amide bonds. The Morgan fingerprint density at radius 1 is 1.38 bits per heavy atom. The lowest BCUT2D eigenvalue weighted by atomic mass is 10.0. The highest BCUT2D eigenvalue weighted by molar-refractivity contribution is 5.85. The summed E-state index contributed by atoms with van der Waals surface area (Å²) in [5.41, 5.74) is 5.23. The Morgan fingerprint density at radius 3 is 2.12 bits per heavy atom. The molecule has 96 valence electrons. The van der Waals surface area contributed by atoms with E-state index in [9.17, 15) is 9.59 Å². The highest BCUT2D eigenvalue weighted by Crippen LogP contribution is 2.12. The molecule has 1 atom stereocenters. The van der Waals surface area contributed by atoms with Crippen molar-refractivity contribution in [2.75, 3.05) is 13.1 Å². The van der Waals surface area contributed by atoms with Gasteiger partial charge in [0, 0.05) is 6.54 Å². The number of hydrogen-bond donors (Lipinski definition) is 2. The van der Waals surface area contributed by atoms with Gasteiger partial charge in [-0.1, -0.05) is 13.8 Å². The van der Waals surface area contributed by atoms with E-state index in [-0.39, 0.29) is 30.8 Å². The normalized spacial score (nSPS) is 11.8. The van der Waals surface area contributed by atoms with Gasteiger partial charge in [-0.05, 0) is 19.3 Å². The maximum atomic E-state index is 11.4. The molecule has 0 rings (SSSR count). The highest BCUT2D eigenvalue weighted by atomic mass is 35.5. The number of nitrogens with two attached hydrogens (primary N) is 1. The van der Waals surface area contributed by atoms with Gasteiger partial charge in [-0.25, -0.2) is 4.79 Å². The van der Waals surface area contributed by atoms with Crippen LogP contribution in [0.3, 0.4) is 0 Å². The first-order chi connectivity index (χ1) is 6.93. The lowest BCUT2D eigenvalue weighted by Crippen LogP contribution is -2.47. The molecule has 3 N–H and O–H groups in total. The number of carbonyl (C=O) groups excluding carboxylic acids is 1. The van der Waals surface area contributed by atoms with Crippen LogP contribution in [0.2, 0.25) is 0 Å². The van der Waals surface area contributed by atoms with Gasteiger partial charge in [0.05, 0.1) is 6.54 Å². The first kappa shape index (κ1) is 17.6. The van der Waals surface area contributed by atoms with E-state index in [4.69, 9.17) is 10.8 Å². The number of halogens is 1. The second-order valence-corrected chi connectivity index (χ2v) is 3.87. The number of rotatable bonds is 6. The number of likely N-dealkylation sites (N-methyl/N-ethyl adjacent to an activating group) is 1. The van der Waals surface area contributed by atoms with Gasteiger partial charge in [-0.3, -0.25) is 4.79 Å². The third-order valence-electron chi connectivity index (χ3n) is 2.19. The number of carbonyl (C=O) groups is 2. The Balaban J connectivity index is 0. The maximum Gasteiger partial charge on any atom is 0.326 e. The van der Waals surface area contributed by atoms with Gasteiger partial charge in [0.15, 0.2) is 0 Å². The molecule has 0 radical (unpaired) electrons. The molecule has 0 bridgehead atoms. The summed E-state index contributed by atoms with van der Waals surface area (Å²) in [6.07, 6.45) is 0.453. The zero-order valence-corrected chi connectivity index (χ0v) is 10.8. The summed E-state index contributed by atoms with van der Waals surface area (Å²) >= 11 is 0. The molecule has 0 aromatic heterocycles. The van der Waals surface area contributed by atoms with Crippen LogP contribution in [-0.4, -0.2) is 41.0 Å². The minimum Gasteiger partial charge on any atom is -0.480 e. The standard InChI is InChI=1S/C10H20N2O3.ClH/c1-4-12(9(13)6-11)8(10(14)15)5-7(2)3;/h7-8H,4-6,11H2,1-3H3,(H,14,15);1H/t8-;/m0./s1. The van der Waals surface area contributed by atoms with Crippen LogP contribution in [0, 0.1) is 5.92 Å². The Bertz CT molecular complexity index is 234. The van der Waals surface area contributed by atoms with Crippen LogP contribution in [0.5, 0.6) is 0 Å². The zero-order chi connectivity index (χ0) is 12.0. The molecule has 0 saturated heterocycles. The average molecular weight is 253 g/mol. The molecular formula is C10H21ClN2O3. The van der Waals surface area contributed by atoms with Crippen LogP contribution in [-0.2, 0) is 9.59 Å². The van der Waals surface area contributed by atoms with Gasteiger partial charge in [0.25, 0.3) is 0 Å². The van der Waals surface area contributed by atoms with E-state index in [1.807, 2.05) is 13.8 Å². The van der Waals surface area contributed by atoms with E-state index in [0.29, 0.717) is 13.0 Å². The average Bonchev–Trinajstić information content (AvgIpc) is 2.16. The molecule has 0 aliphatic carbocycles. The van der Waals surface area contributed by atoms with Crippen molar-refractivity contribution in [1.29, 1.82) is 0 Å². The second kappa shape index (κ2) is 8.35. The smallest absolute Gasteiger partial charge is 0.326 e. The fourth-order valence-corrected chi connectivity index (χ4v) is 1.50. The molecule has 0 aromatic carbocycles. The van der Waals surface area contributed by atoms with Gasteiger partial charge in [0.1, 0.15) is 6.04 Å². The topological polar surface area (TPSA) is 83.6 Å². The van der Waals surface area contributed by atoms with E-state index in [1.54, 1.807) is 6.92 Å². The van der Waals surface area contributed by atoms with E-state index in [1.165, 1.54) is 4.90 Å². The van der Waals surface area contributed by atoms with Crippen LogP contribution in [0.1, 0.15) is 27.2 Å². The van der Waals surface area contributed by atoms with E-state index < -0.39 is 12.0 Å². The molecular weight excluding hydrogens is 232 g/mol. The highest BCUT2D eigenvalue weighted by Gasteiger charge is 2.28. The maximum absolute atomic E-state index is 11.4. The molecule has 0 spiro atoms. The van der Waals surface area contributed by atoms with E-state index in [0.717, 1.165) is 0 Å². The van der Waals surface area contributed by atoms with Crippen molar-refractivity contribution in [1.82, 2.24) is 4.90 Å². The van der Waals surface area contributed by atoms with Gasteiger partial charge in [-0.2, -0.15) is 0 Å². The lowest BCUT2D eigenvalue weighted by molar-refractivity contribution is -0.150. The minimum atomic E-state index is -0.965. The summed E-state index contributed by atoms with van der Waals surface area (Å²) in [6, 6.07) is -0.758. The van der Waals surface area contributed by atoms with Crippen molar-refractivity contribution in [3.63, 3.8) is 0 Å². The SMILES string of the molecule is CCN(C(=O)CN)[C@@H](CC(C)C)C(=O)O.Cl. The third-order valence-corrected chi connectivity index (χ3v) is 2.19. The summed E-state index contributed by atoms with van der Waals surface area (Å²) in [7, 11) is 0. The first-order valence-electron chi connectivity index (χ1n) is 5.16. The van der Waals surface area contributed by atoms with Crippen molar-refractivity contribution < 1.29 is 14.7 Å². The largest absolute Gasteiger partial charge is 0.480 e. The van der Waals surface area contributed by atoms with E-state index >= 15 is 0 Å². The molecule has 16 heavy (non-hydrogen) atoms. The van der Waals surface area contributed by atoms with Crippen molar-refractivity contribution in [3.05, 3.63) is 0 Å². The number of nitrogens with zero attached hydrogens (tertiary/aromatic N) is 1. The van der Waals surface area contributed by atoms with Crippen molar-refractivity contribution in [2.45, 2.75) is 33.2 Å². The molecule has 0 saturated carbocycles. The first-order valence-corrected chi connectivity index (χ1v) is 5.16. The molecule has 6 heteroatoms. The van der Waals surface area contributed by atoms with Gasteiger partial charge in [-0.15, -0.1) is 12.4 Å². The predicted octanol–water partition coefficient (Wildman–Crippen LogP) is 0.715. The van der Waals surface area contributed by atoms with Crippen LogP contribution >= 0.6 is 12.4 Å². The Hall–Kier alpha value is -0.810. The lowest BCUT2D eigenvalue weighted by Gasteiger charge is -2.28. The van der Waals surface area contributed by atoms with Crippen LogP contribution < -0.4 is 5.73 Å². The van der Waals surface area contributed by atoms with E-state index in [2.05, 4.69) is 0 Å². The summed E-state index contributed by atoms with van der Waals surface area (Å²) in [6.45, 7) is 5.84. The van der Waals surface area contributed by atoms with Gasteiger partial charge in [0.2, 0.25) is 5.91 Å². The summed E-state index contributed by atoms with van der Waals surface area (Å²) in [5.74, 6) is -1.05. The Labute approximate surface area is 102 Å². The molecule has 5 nitrogen and oxygen atoms in total. The number of hydrogen-bond acceptors (Lipinski definition) is 3. The molecule has 0 fully saturated rings. The minimum absolute atomic E-state index is 0. The Kier molecular flexibility index (Phi) is 9.18. The number of amides is 1. The molecule has 0 aromatic rings. The van der Waals surface area contributed by atoms with Crippen LogP contribution in [0.15, 0.2) is 0 Å². The zero-order valence-electron chi connectivity index (χ0n) is 9.97. The van der Waals surface area contributed by atoms with Gasteiger partial charge >= 0.3 is 5.97 Å². The summed E-state index contributed by atoms with van der Waals surface area (Å²) in [4.78, 5) is 23.8. The van der Waals surface area contributed by atoms with Crippen LogP contribution in [0.25, 0.3) is 0 Å². The Morgan fingerprint density at radius 2 is 1.88 bits per heavy atom. The second-order valence-electron chi connectivity index (χ2n) is 3.87. The summed E-state index contributed by atoms with van der Waals surface area (Å²) < 4.78 is 0. The molecule has 0 aliphatic rings. The quantitative estimate of drug-likeness (QED) is 0.730. The monoisotopic (exact) mass is 252 g/mol. The van der Waals surface area contributed by atoms with Crippen molar-refractivity contribution in [2.24, 2.45) is 11.7 Å². The fourth-order valence-electron chi connectivity index (χ4n) is 1.50. The van der Waals surface area contributed by atoms with Crippen LogP contribution in [0.4, 0.5) is 0 Å². The predicted molar refractivity (Wildman–Crippen MR) is 64.6 cm³/mol. The number of carboxylic acid groups (broad SMARTS) is 1. The number of carboxylic acids is 1. The summed E-state index contributed by atoms with van der Waals surface area (Å²) in [5, 5.41) is 9.03. The van der Waals surface area contributed by atoms with Crippen molar-refractivity contribution in [3.8, 4) is 0 Å².